The lowest BCUT2D eigenvalue weighted by atomic mass is 10.1. The first-order valence-electron chi connectivity index (χ1n) is 16.6. The molecule has 0 aliphatic carbocycles. The maximum absolute atomic E-state index is 12.8. The maximum atomic E-state index is 12.8. The van der Waals surface area contributed by atoms with Crippen molar-refractivity contribution in [1.29, 1.82) is 0 Å². The van der Waals surface area contributed by atoms with E-state index in [1.807, 2.05) is 9.80 Å². The molecular weight excluding hydrogens is 508 g/mol. The van der Waals surface area contributed by atoms with Crippen LogP contribution in [0.5, 0.6) is 0 Å². The van der Waals surface area contributed by atoms with Crippen molar-refractivity contribution in [1.82, 2.24) is 9.80 Å². The number of unbranched alkanes of at least 4 members (excludes halogenated alkanes) is 12. The topological polar surface area (TPSA) is 77.5 Å². The number of ether oxygens (including phenoxy) is 4. The number of carbonyl (C=O) groups excluding carboxylic acids is 2. The van der Waals surface area contributed by atoms with E-state index < -0.39 is 0 Å². The number of nitrogens with zero attached hydrogens (tertiary/aromatic N) is 2. The summed E-state index contributed by atoms with van der Waals surface area (Å²) in [7, 11) is 0. The average Bonchev–Trinajstić information content (AvgIpc) is 2.95. The molecule has 236 valence electrons. The molecule has 0 radical (unpaired) electrons. The van der Waals surface area contributed by atoms with Crippen molar-refractivity contribution < 1.29 is 28.5 Å². The largest absolute Gasteiger partial charge is 0.377 e. The minimum atomic E-state index is 0.184. The van der Waals surface area contributed by atoms with E-state index in [2.05, 4.69) is 13.8 Å². The Kier molecular flexibility index (Phi) is 25.7. The summed E-state index contributed by atoms with van der Waals surface area (Å²) in [5.41, 5.74) is 0. The summed E-state index contributed by atoms with van der Waals surface area (Å²) in [5, 5.41) is 0. The highest BCUT2D eigenvalue weighted by Gasteiger charge is 2.15. The Bertz CT molecular complexity index is 522. The molecule has 0 aromatic heterocycles. The first kappa shape index (κ1) is 36.8. The lowest BCUT2D eigenvalue weighted by Crippen LogP contribution is -2.38. The zero-order valence-electron chi connectivity index (χ0n) is 26.1. The molecule has 2 amide bonds. The summed E-state index contributed by atoms with van der Waals surface area (Å²) in [6, 6.07) is 0. The van der Waals surface area contributed by atoms with Gasteiger partial charge in [-0.25, -0.2) is 0 Å². The highest BCUT2D eigenvalue weighted by atomic mass is 16.5. The monoisotopic (exact) mass is 570 g/mol. The smallest absolute Gasteiger partial charge is 0.222 e. The second kappa shape index (κ2) is 27.9. The molecule has 1 fully saturated rings. The molecule has 1 aliphatic rings. The van der Waals surface area contributed by atoms with Gasteiger partial charge in [0.05, 0.1) is 52.9 Å². The Morgan fingerprint density at radius 3 is 1.00 bits per heavy atom. The van der Waals surface area contributed by atoms with E-state index in [0.29, 0.717) is 91.9 Å². The van der Waals surface area contributed by atoms with Crippen LogP contribution in [0.3, 0.4) is 0 Å². The molecule has 0 unspecified atom stereocenters. The third-order valence-electron chi connectivity index (χ3n) is 7.46. The molecule has 1 aliphatic heterocycles. The Morgan fingerprint density at radius 2 is 0.700 bits per heavy atom. The van der Waals surface area contributed by atoms with E-state index in [1.54, 1.807) is 0 Å². The molecule has 8 nitrogen and oxygen atoms in total. The van der Waals surface area contributed by atoms with Crippen LogP contribution in [0.1, 0.15) is 117 Å². The first-order valence-corrected chi connectivity index (χ1v) is 16.6. The molecule has 1 rings (SSSR count). The summed E-state index contributed by atoms with van der Waals surface area (Å²) in [5.74, 6) is 0.368. The van der Waals surface area contributed by atoms with Crippen molar-refractivity contribution in [3.63, 3.8) is 0 Å². The van der Waals surface area contributed by atoms with E-state index >= 15 is 0 Å². The van der Waals surface area contributed by atoms with Gasteiger partial charge in [0.1, 0.15) is 0 Å². The molecule has 0 N–H and O–H groups in total. The van der Waals surface area contributed by atoms with Crippen molar-refractivity contribution in [2.75, 3.05) is 79.0 Å². The van der Waals surface area contributed by atoms with Crippen LogP contribution in [0.25, 0.3) is 0 Å². The van der Waals surface area contributed by atoms with Gasteiger partial charge < -0.3 is 28.7 Å². The highest BCUT2D eigenvalue weighted by molar-refractivity contribution is 5.76. The number of amides is 2. The lowest BCUT2D eigenvalue weighted by Gasteiger charge is -2.24. The van der Waals surface area contributed by atoms with Crippen molar-refractivity contribution in [2.24, 2.45) is 0 Å². The van der Waals surface area contributed by atoms with Gasteiger partial charge in [0.25, 0.3) is 0 Å². The van der Waals surface area contributed by atoms with Gasteiger partial charge in [0.2, 0.25) is 11.8 Å². The van der Waals surface area contributed by atoms with Crippen LogP contribution in [-0.2, 0) is 28.5 Å². The van der Waals surface area contributed by atoms with Crippen LogP contribution >= 0.6 is 0 Å². The van der Waals surface area contributed by atoms with Crippen LogP contribution in [0, 0.1) is 0 Å². The van der Waals surface area contributed by atoms with Gasteiger partial charge in [0, 0.05) is 39.0 Å². The molecule has 0 spiro atoms. The van der Waals surface area contributed by atoms with Crippen molar-refractivity contribution >= 4 is 11.8 Å². The van der Waals surface area contributed by atoms with E-state index in [0.717, 1.165) is 25.7 Å². The molecule has 0 atom stereocenters. The number of hydrogen-bond acceptors (Lipinski definition) is 6. The van der Waals surface area contributed by atoms with E-state index in [-0.39, 0.29) is 11.8 Å². The Balaban J connectivity index is 2.35. The second-order valence-electron chi connectivity index (χ2n) is 11.0. The fourth-order valence-corrected chi connectivity index (χ4v) is 4.85. The van der Waals surface area contributed by atoms with Crippen LogP contribution in [0.15, 0.2) is 0 Å². The predicted octanol–water partition coefficient (Wildman–Crippen LogP) is 6.01. The van der Waals surface area contributed by atoms with Gasteiger partial charge in [-0.3, -0.25) is 9.59 Å². The number of carbonyl (C=O) groups is 2. The maximum Gasteiger partial charge on any atom is 0.222 e. The van der Waals surface area contributed by atoms with Crippen LogP contribution in [0.2, 0.25) is 0 Å². The molecule has 8 heteroatoms. The van der Waals surface area contributed by atoms with Crippen LogP contribution < -0.4 is 0 Å². The molecule has 0 aromatic rings. The van der Waals surface area contributed by atoms with Gasteiger partial charge in [0.15, 0.2) is 0 Å². The highest BCUT2D eigenvalue weighted by Crippen LogP contribution is 2.11. The van der Waals surface area contributed by atoms with Crippen molar-refractivity contribution in [3.8, 4) is 0 Å². The SMILES string of the molecule is CCCCCCCCCC(=O)N1CCOCCOCCN(C(=O)CCCCCCCCC)CCOCCOCC1. The van der Waals surface area contributed by atoms with Crippen molar-refractivity contribution in [2.45, 2.75) is 117 Å². The zero-order valence-corrected chi connectivity index (χ0v) is 26.1. The predicted molar refractivity (Wildman–Crippen MR) is 162 cm³/mol. The lowest BCUT2D eigenvalue weighted by molar-refractivity contribution is -0.134. The normalized spacial score (nSPS) is 17.4. The van der Waals surface area contributed by atoms with Gasteiger partial charge in [-0.2, -0.15) is 0 Å². The summed E-state index contributed by atoms with van der Waals surface area (Å²) in [6.07, 6.45) is 18.0. The van der Waals surface area contributed by atoms with Gasteiger partial charge in [-0.05, 0) is 12.8 Å². The minimum Gasteiger partial charge on any atom is -0.377 e. The number of hydrogen-bond donors (Lipinski definition) is 0. The minimum absolute atomic E-state index is 0.184. The van der Waals surface area contributed by atoms with Gasteiger partial charge >= 0.3 is 0 Å². The Hall–Kier alpha value is -1.22. The average molecular weight is 571 g/mol. The third kappa shape index (κ3) is 21.5. The van der Waals surface area contributed by atoms with Crippen molar-refractivity contribution in [3.05, 3.63) is 0 Å². The molecule has 1 saturated heterocycles. The van der Waals surface area contributed by atoms with E-state index in [9.17, 15) is 9.59 Å². The summed E-state index contributed by atoms with van der Waals surface area (Å²) >= 11 is 0. The molecule has 0 bridgehead atoms. The van der Waals surface area contributed by atoms with Gasteiger partial charge in [-0.1, -0.05) is 90.9 Å². The second-order valence-corrected chi connectivity index (χ2v) is 11.0. The van der Waals surface area contributed by atoms with E-state index in [4.69, 9.17) is 18.9 Å². The molecular formula is C32H62N2O6. The quantitative estimate of drug-likeness (QED) is 0.212. The number of rotatable bonds is 16. The van der Waals surface area contributed by atoms with Crippen LogP contribution in [0.4, 0.5) is 0 Å². The standard InChI is InChI=1S/C32H62N2O6/c1-3-5-7-9-11-13-15-17-31(35)33-19-23-37-27-29-39-25-21-34(22-26-40-30-28-38-24-20-33)32(36)18-16-14-12-10-8-6-4-2/h3-30H2,1-2H3. The third-order valence-corrected chi connectivity index (χ3v) is 7.46. The molecule has 40 heavy (non-hydrogen) atoms. The fourth-order valence-electron chi connectivity index (χ4n) is 4.85. The molecule has 1 heterocycles. The molecule has 0 aromatic carbocycles. The fraction of sp³-hybridized carbons (Fsp3) is 0.938. The Morgan fingerprint density at radius 1 is 0.425 bits per heavy atom. The molecule has 0 saturated carbocycles. The summed E-state index contributed by atoms with van der Waals surface area (Å²) in [6.45, 7) is 10.6. The summed E-state index contributed by atoms with van der Waals surface area (Å²) in [4.78, 5) is 29.4. The van der Waals surface area contributed by atoms with Crippen LogP contribution in [-0.4, -0.2) is 101 Å². The first-order chi connectivity index (χ1) is 19.7. The Labute approximate surface area is 245 Å². The zero-order chi connectivity index (χ0) is 28.9. The summed E-state index contributed by atoms with van der Waals surface area (Å²) < 4.78 is 23.0. The van der Waals surface area contributed by atoms with Gasteiger partial charge in [-0.15, -0.1) is 0 Å². The van der Waals surface area contributed by atoms with E-state index in [1.165, 1.54) is 64.2 Å².